The van der Waals surface area contributed by atoms with E-state index in [4.69, 9.17) is 4.74 Å². The lowest BCUT2D eigenvalue weighted by molar-refractivity contribution is -0.129. The average molecular weight is 547 g/mol. The summed E-state index contributed by atoms with van der Waals surface area (Å²) in [5.74, 6) is 7.34. The smallest absolute Gasteiger partial charge is 0.0605 e. The molecule has 4 aliphatic carbocycles. The molecule has 2 nitrogen and oxygen atoms in total. The van der Waals surface area contributed by atoms with Gasteiger partial charge in [-0.05, 0) is 164 Å². The summed E-state index contributed by atoms with van der Waals surface area (Å²) in [7, 11) is 0. The van der Waals surface area contributed by atoms with E-state index in [1.165, 1.54) is 64.2 Å². The number of aliphatic hydroxyl groups is 1. The summed E-state index contributed by atoms with van der Waals surface area (Å²) in [5, 5.41) is 10.3. The maximum atomic E-state index is 10.3. The van der Waals surface area contributed by atoms with Crippen molar-refractivity contribution in [2.75, 3.05) is 0 Å². The van der Waals surface area contributed by atoms with E-state index in [0.717, 1.165) is 60.2 Å². The second-order valence-electron chi connectivity index (χ2n) is 17.6. The Bertz CT molecular complexity index is 746. The Kier molecular flexibility index (Phi) is 10.8. The van der Waals surface area contributed by atoms with Gasteiger partial charge in [0.2, 0.25) is 0 Å². The number of ether oxygens (including phenoxy) is 1. The molecule has 0 aromatic heterocycles. The summed E-state index contributed by atoms with van der Waals surface area (Å²) in [6.45, 7) is 27.6. The quantitative estimate of drug-likeness (QED) is 0.359. The standard InChI is InChI=1S/C29H52O.C8H18O/c1-7-21(19(2)3)9-8-20(4)25-12-13-26-24-11-10-22-18-23(30)14-16-28(22,5)27(24)15-17-29(25,26)6;1-7(2,3)9-8(4,5)6/h19-27,30H,7-18H2,1-6H3;1-6H3/t20-,21-,22+,23+,24+,25-,26+,27+,28+,29-;/m1./s1. The number of rotatable bonds is 6. The molecule has 0 aliphatic heterocycles. The van der Waals surface area contributed by atoms with Gasteiger partial charge in [-0.15, -0.1) is 0 Å². The largest absolute Gasteiger partial charge is 0.393 e. The van der Waals surface area contributed by atoms with Gasteiger partial charge in [-0.3, -0.25) is 0 Å². The predicted octanol–water partition coefficient (Wildman–Crippen LogP) is 10.7. The third-order valence-electron chi connectivity index (χ3n) is 12.5. The molecule has 0 aromatic carbocycles. The Balaban J connectivity index is 0.000000403. The highest BCUT2D eigenvalue weighted by molar-refractivity contribution is 5.09. The van der Waals surface area contributed by atoms with Crippen molar-refractivity contribution in [1.82, 2.24) is 0 Å². The Morgan fingerprint density at radius 3 is 1.90 bits per heavy atom. The minimum absolute atomic E-state index is 0.0111. The lowest BCUT2D eigenvalue weighted by atomic mass is 9.44. The van der Waals surface area contributed by atoms with E-state index < -0.39 is 0 Å². The molecule has 4 saturated carbocycles. The van der Waals surface area contributed by atoms with Gasteiger partial charge < -0.3 is 9.84 Å². The Hall–Kier alpha value is -0.0800. The highest BCUT2D eigenvalue weighted by atomic mass is 16.5. The predicted molar refractivity (Wildman–Crippen MR) is 169 cm³/mol. The van der Waals surface area contributed by atoms with Crippen LogP contribution in [0.1, 0.15) is 160 Å². The van der Waals surface area contributed by atoms with Crippen molar-refractivity contribution in [3.8, 4) is 0 Å². The molecule has 230 valence electrons. The van der Waals surface area contributed by atoms with Crippen LogP contribution in [-0.4, -0.2) is 22.4 Å². The molecule has 10 atom stereocenters. The summed E-state index contributed by atoms with van der Waals surface area (Å²) in [6, 6.07) is 0. The van der Waals surface area contributed by atoms with Crippen molar-refractivity contribution in [3.05, 3.63) is 0 Å². The van der Waals surface area contributed by atoms with E-state index in [1.54, 1.807) is 0 Å². The zero-order valence-corrected chi connectivity index (χ0v) is 28.5. The van der Waals surface area contributed by atoms with Crippen molar-refractivity contribution < 1.29 is 9.84 Å². The number of hydrogen-bond donors (Lipinski definition) is 1. The molecular formula is C37H70O2. The molecule has 0 spiro atoms. The minimum atomic E-state index is -0.0156. The first kappa shape index (κ1) is 33.4. The second-order valence-corrected chi connectivity index (χ2v) is 17.6. The van der Waals surface area contributed by atoms with E-state index in [0.29, 0.717) is 10.8 Å². The second kappa shape index (κ2) is 12.7. The molecule has 0 amide bonds. The first-order valence-corrected chi connectivity index (χ1v) is 17.3. The van der Waals surface area contributed by atoms with Crippen LogP contribution in [0.25, 0.3) is 0 Å². The average Bonchev–Trinajstić information content (AvgIpc) is 3.15. The summed E-state index contributed by atoms with van der Waals surface area (Å²) in [4.78, 5) is 0. The van der Waals surface area contributed by atoms with Crippen LogP contribution < -0.4 is 0 Å². The summed E-state index contributed by atoms with van der Waals surface area (Å²) < 4.78 is 5.62. The maximum Gasteiger partial charge on any atom is 0.0605 e. The van der Waals surface area contributed by atoms with E-state index in [2.05, 4.69) is 83.1 Å². The lowest BCUT2D eigenvalue weighted by Crippen LogP contribution is -2.54. The van der Waals surface area contributed by atoms with Gasteiger partial charge >= 0.3 is 0 Å². The summed E-state index contributed by atoms with van der Waals surface area (Å²) in [5.41, 5.74) is 1.10. The van der Waals surface area contributed by atoms with Crippen molar-refractivity contribution in [3.63, 3.8) is 0 Å². The fourth-order valence-electron chi connectivity index (χ4n) is 10.8. The monoisotopic (exact) mass is 547 g/mol. The van der Waals surface area contributed by atoms with Gasteiger partial charge in [0.25, 0.3) is 0 Å². The number of aliphatic hydroxyl groups excluding tert-OH is 1. The fraction of sp³-hybridized carbons (Fsp3) is 1.00. The number of hydrogen-bond acceptors (Lipinski definition) is 2. The molecule has 4 fully saturated rings. The fourth-order valence-corrected chi connectivity index (χ4v) is 10.8. The Labute approximate surface area is 245 Å². The van der Waals surface area contributed by atoms with Crippen molar-refractivity contribution >= 4 is 0 Å². The van der Waals surface area contributed by atoms with Crippen LogP contribution in [-0.2, 0) is 4.74 Å². The third-order valence-corrected chi connectivity index (χ3v) is 12.5. The van der Waals surface area contributed by atoms with Gasteiger partial charge in [0, 0.05) is 0 Å². The van der Waals surface area contributed by atoms with Crippen molar-refractivity contribution in [2.24, 2.45) is 58.2 Å². The molecular weight excluding hydrogens is 476 g/mol. The minimum Gasteiger partial charge on any atom is -0.393 e. The maximum absolute atomic E-state index is 10.3. The SMILES string of the molecule is CC(C)(C)OC(C)(C)C.CC[C@H](CC[C@@H](C)[C@H]1CC[C@H]2[C@@H]3CC[C@H]4C[C@@H](O)CC[C@]4(C)[C@H]3CC[C@]12C)C(C)C. The highest BCUT2D eigenvalue weighted by Crippen LogP contribution is 2.68. The molecule has 0 bridgehead atoms. The molecule has 0 saturated heterocycles. The molecule has 0 unspecified atom stereocenters. The van der Waals surface area contributed by atoms with Gasteiger partial charge in [0.1, 0.15) is 0 Å². The van der Waals surface area contributed by atoms with Crippen LogP contribution in [0.4, 0.5) is 0 Å². The number of fused-ring (bicyclic) bond motifs is 5. The van der Waals surface area contributed by atoms with Gasteiger partial charge in [-0.1, -0.05) is 54.4 Å². The van der Waals surface area contributed by atoms with Gasteiger partial charge in [-0.2, -0.15) is 0 Å². The first-order valence-electron chi connectivity index (χ1n) is 17.3. The van der Waals surface area contributed by atoms with Crippen molar-refractivity contribution in [1.29, 1.82) is 0 Å². The van der Waals surface area contributed by atoms with Crippen LogP contribution >= 0.6 is 0 Å². The van der Waals surface area contributed by atoms with Crippen LogP contribution in [0.3, 0.4) is 0 Å². The molecule has 39 heavy (non-hydrogen) atoms. The molecule has 2 heteroatoms. The lowest BCUT2D eigenvalue weighted by Gasteiger charge is -2.61. The van der Waals surface area contributed by atoms with E-state index >= 15 is 0 Å². The van der Waals surface area contributed by atoms with Crippen molar-refractivity contribution in [2.45, 2.75) is 177 Å². The van der Waals surface area contributed by atoms with Gasteiger partial charge in [0.05, 0.1) is 17.3 Å². The highest BCUT2D eigenvalue weighted by Gasteiger charge is 2.60. The molecule has 4 rings (SSSR count). The van der Waals surface area contributed by atoms with Crippen LogP contribution in [0.15, 0.2) is 0 Å². The molecule has 0 aromatic rings. The van der Waals surface area contributed by atoms with Crippen LogP contribution in [0.2, 0.25) is 0 Å². The molecule has 0 radical (unpaired) electrons. The van der Waals surface area contributed by atoms with Gasteiger partial charge in [-0.25, -0.2) is 0 Å². The van der Waals surface area contributed by atoms with E-state index in [-0.39, 0.29) is 17.3 Å². The summed E-state index contributed by atoms with van der Waals surface area (Å²) in [6.07, 6.45) is 16.5. The molecule has 4 aliphatic rings. The third kappa shape index (κ3) is 7.86. The zero-order valence-electron chi connectivity index (χ0n) is 28.5. The Morgan fingerprint density at radius 1 is 0.769 bits per heavy atom. The first-order chi connectivity index (χ1) is 17.9. The van der Waals surface area contributed by atoms with Gasteiger partial charge in [0.15, 0.2) is 0 Å². The topological polar surface area (TPSA) is 29.5 Å². The molecule has 0 heterocycles. The zero-order chi connectivity index (χ0) is 29.4. The molecule has 1 N–H and O–H groups in total. The van der Waals surface area contributed by atoms with Crippen LogP contribution in [0, 0.1) is 58.2 Å². The Morgan fingerprint density at radius 2 is 1.36 bits per heavy atom. The van der Waals surface area contributed by atoms with E-state index in [1.807, 2.05) is 0 Å². The van der Waals surface area contributed by atoms with E-state index in [9.17, 15) is 5.11 Å². The summed E-state index contributed by atoms with van der Waals surface area (Å²) >= 11 is 0. The van der Waals surface area contributed by atoms with Crippen LogP contribution in [0.5, 0.6) is 0 Å². The normalized spacial score (nSPS) is 40.2.